The molecule has 2 aromatic rings. The molecule has 0 radical (unpaired) electrons. The van der Waals surface area contributed by atoms with E-state index in [0.717, 1.165) is 27.2 Å². The zero-order valence-electron chi connectivity index (χ0n) is 22.8. The van der Waals surface area contributed by atoms with Gasteiger partial charge in [-0.05, 0) is 54.2 Å². The zero-order valence-corrected chi connectivity index (χ0v) is 25.3. The van der Waals surface area contributed by atoms with E-state index in [4.69, 9.17) is 9.88 Å². The van der Waals surface area contributed by atoms with Crippen molar-refractivity contribution in [3.05, 3.63) is 79.8 Å². The van der Waals surface area contributed by atoms with E-state index in [-0.39, 0.29) is 40.5 Å². The first kappa shape index (κ1) is 29.4. The molecule has 3 aliphatic rings. The Morgan fingerprint density at radius 3 is 2.22 bits per heavy atom. The Kier molecular flexibility index (Phi) is 7.83. The minimum absolute atomic E-state index is 0.0716. The number of hydrogen-bond donors (Lipinski definition) is 1. The first-order valence-corrected chi connectivity index (χ1v) is 17.0. The van der Waals surface area contributed by atoms with Crippen molar-refractivity contribution in [1.29, 1.82) is 0 Å². The largest absolute Gasteiger partial charge is 0.448 e. The van der Waals surface area contributed by atoms with Crippen LogP contribution in [0.2, 0.25) is 0 Å². The number of amides is 2. The van der Waals surface area contributed by atoms with Gasteiger partial charge in [0.25, 0.3) is 0 Å². The minimum Gasteiger partial charge on any atom is -0.448 e. The molecule has 0 fully saturated rings. The molecular weight excluding hydrogens is 587 g/mol. The molecule has 0 unspecified atom stereocenters. The van der Waals surface area contributed by atoms with Gasteiger partial charge in [-0.3, -0.25) is 4.79 Å². The van der Waals surface area contributed by atoms with Gasteiger partial charge in [-0.2, -0.15) is 0 Å². The second-order valence-corrected chi connectivity index (χ2v) is 15.7. The predicted molar refractivity (Wildman–Crippen MR) is 158 cm³/mol. The highest BCUT2D eigenvalue weighted by Crippen LogP contribution is 2.49. The number of primary sulfonamides is 1. The van der Waals surface area contributed by atoms with Crippen molar-refractivity contribution in [3.8, 4) is 11.1 Å². The van der Waals surface area contributed by atoms with E-state index in [1.54, 1.807) is 13.8 Å². The van der Waals surface area contributed by atoms with Crippen molar-refractivity contribution < 1.29 is 31.2 Å². The molecule has 0 saturated carbocycles. The van der Waals surface area contributed by atoms with Crippen molar-refractivity contribution in [2.75, 3.05) is 26.7 Å². The summed E-state index contributed by atoms with van der Waals surface area (Å²) >= 11 is 0.608. The summed E-state index contributed by atoms with van der Waals surface area (Å²) in [6.45, 7) is 3.13. The topological polar surface area (TPSA) is 144 Å². The van der Waals surface area contributed by atoms with Gasteiger partial charge in [0.05, 0.1) is 11.3 Å². The van der Waals surface area contributed by atoms with E-state index in [0.29, 0.717) is 17.3 Å². The molecule has 2 N–H and O–H groups in total. The number of sulfonamides is 1. The van der Waals surface area contributed by atoms with Crippen LogP contribution in [0.1, 0.15) is 37.3 Å². The normalized spacial score (nSPS) is 21.0. The van der Waals surface area contributed by atoms with Gasteiger partial charge >= 0.3 is 6.09 Å². The number of sulfone groups is 1. The number of nitrogens with two attached hydrogens (primary N) is 1. The van der Waals surface area contributed by atoms with Crippen molar-refractivity contribution >= 4 is 43.6 Å². The van der Waals surface area contributed by atoms with Gasteiger partial charge in [-0.1, -0.05) is 60.3 Å². The molecule has 10 nitrogen and oxygen atoms in total. The number of carbonyl (C=O) groups is 2. The van der Waals surface area contributed by atoms with Crippen LogP contribution in [-0.2, 0) is 29.4 Å². The molecule has 0 saturated heterocycles. The van der Waals surface area contributed by atoms with Crippen LogP contribution in [0.15, 0.2) is 68.7 Å². The molecule has 2 atom stereocenters. The van der Waals surface area contributed by atoms with E-state index in [1.807, 2.05) is 48.5 Å². The molecule has 218 valence electrons. The number of carbonyl (C=O) groups excluding carboxylic acids is 2. The lowest BCUT2D eigenvalue weighted by molar-refractivity contribution is -0.132. The number of ether oxygens (including phenoxy) is 1. The number of fused-ring (bicyclic) bond motifs is 3. The summed E-state index contributed by atoms with van der Waals surface area (Å²) in [7, 11) is -6.53. The number of thioether (sulfide) groups is 1. The molecule has 0 aromatic heterocycles. The maximum absolute atomic E-state index is 13.5. The van der Waals surface area contributed by atoms with Gasteiger partial charge in [0, 0.05) is 19.5 Å². The zero-order chi connectivity index (χ0) is 29.7. The van der Waals surface area contributed by atoms with Crippen LogP contribution in [0.3, 0.4) is 0 Å². The number of hydrogen-bond acceptors (Lipinski definition) is 8. The number of rotatable bonds is 7. The fourth-order valence-electron chi connectivity index (χ4n) is 5.61. The highest BCUT2D eigenvalue weighted by molar-refractivity contribution is 8.27. The molecular formula is C28H31N3O7S3. The monoisotopic (exact) mass is 617 g/mol. The predicted octanol–water partition coefficient (Wildman–Crippen LogP) is 3.38. The van der Waals surface area contributed by atoms with E-state index < -0.39 is 43.2 Å². The summed E-state index contributed by atoms with van der Waals surface area (Å²) in [5.74, 6) is -0.630. The quantitative estimate of drug-likeness (QED) is 0.498. The summed E-state index contributed by atoms with van der Waals surface area (Å²) in [5.41, 5.74) is 4.78. The molecule has 0 bridgehead atoms. The SMILES string of the molecule is CCN(C(=O)CN(C)C(=O)OCC1c2ccccc2-c2ccccc21)[C@H]1C=C(S(N)(=O)=O)SC2=C1C[C@H](C)S2(=O)=O. The van der Waals surface area contributed by atoms with Gasteiger partial charge in [0.2, 0.25) is 15.9 Å². The Bertz CT molecular complexity index is 1650. The summed E-state index contributed by atoms with van der Waals surface area (Å²) in [6.07, 6.45) is 0.796. The van der Waals surface area contributed by atoms with Crippen LogP contribution in [-0.4, -0.2) is 76.7 Å². The second-order valence-electron chi connectivity index (χ2n) is 10.3. The van der Waals surface area contributed by atoms with E-state index in [1.165, 1.54) is 18.0 Å². The lowest BCUT2D eigenvalue weighted by Crippen LogP contribution is -2.47. The van der Waals surface area contributed by atoms with Crippen molar-refractivity contribution in [2.45, 2.75) is 37.5 Å². The standard InChI is InChI=1S/C28H31N3O7S3/c1-4-31(24-14-26(41(29,36)37)39-27-22(24)13-17(2)40(27,34)35)25(32)15-30(3)28(33)38-16-23-20-11-7-5-9-18(20)19-10-6-8-12-21(19)23/h5-12,14,17,23-24H,4,13,15-16H2,1-3H3,(H2,29,36,37)/t17-,24-/m0/s1. The average molecular weight is 618 g/mol. The molecule has 13 heteroatoms. The van der Waals surface area contributed by atoms with Crippen molar-refractivity contribution in [3.63, 3.8) is 0 Å². The maximum Gasteiger partial charge on any atom is 0.409 e. The van der Waals surface area contributed by atoms with Crippen LogP contribution in [0.5, 0.6) is 0 Å². The Labute approximate surface area is 244 Å². The van der Waals surface area contributed by atoms with E-state index in [2.05, 4.69) is 0 Å². The van der Waals surface area contributed by atoms with Gasteiger partial charge < -0.3 is 14.5 Å². The number of likely N-dealkylation sites (N-methyl/N-ethyl adjacent to an activating group) is 2. The Morgan fingerprint density at radius 1 is 1.07 bits per heavy atom. The molecule has 41 heavy (non-hydrogen) atoms. The van der Waals surface area contributed by atoms with Crippen LogP contribution in [0.4, 0.5) is 4.79 Å². The van der Waals surface area contributed by atoms with Gasteiger partial charge in [-0.15, -0.1) is 0 Å². The Balaban J connectivity index is 1.31. The van der Waals surface area contributed by atoms with Crippen LogP contribution in [0.25, 0.3) is 11.1 Å². The molecule has 5 rings (SSSR count). The Hall–Kier alpha value is -3.13. The first-order chi connectivity index (χ1) is 19.3. The molecule has 1 aliphatic carbocycles. The number of benzene rings is 2. The summed E-state index contributed by atoms with van der Waals surface area (Å²) < 4.78 is 55.5. The fourth-order valence-corrected chi connectivity index (χ4v) is 10.1. The molecule has 2 heterocycles. The van der Waals surface area contributed by atoms with E-state index in [9.17, 15) is 26.4 Å². The van der Waals surface area contributed by atoms with Crippen LogP contribution >= 0.6 is 11.8 Å². The summed E-state index contributed by atoms with van der Waals surface area (Å²) in [4.78, 5) is 28.9. The third-order valence-electron chi connectivity index (χ3n) is 7.70. The molecule has 2 amide bonds. The van der Waals surface area contributed by atoms with Crippen LogP contribution < -0.4 is 5.14 Å². The third kappa shape index (κ3) is 5.31. The lowest BCUT2D eigenvalue weighted by Gasteiger charge is -2.33. The summed E-state index contributed by atoms with van der Waals surface area (Å²) in [5, 5.41) is 4.60. The highest BCUT2D eigenvalue weighted by atomic mass is 32.3. The second kappa shape index (κ2) is 10.9. The van der Waals surface area contributed by atoms with Gasteiger partial charge in [0.1, 0.15) is 21.6 Å². The third-order valence-corrected chi connectivity index (χ3v) is 13.1. The smallest absolute Gasteiger partial charge is 0.409 e. The first-order valence-electron chi connectivity index (χ1n) is 13.1. The fraction of sp³-hybridized carbons (Fsp3) is 0.357. The lowest BCUT2D eigenvalue weighted by atomic mass is 9.98. The minimum atomic E-state index is -4.22. The molecule has 2 aliphatic heterocycles. The average Bonchev–Trinajstić information content (AvgIpc) is 3.37. The summed E-state index contributed by atoms with van der Waals surface area (Å²) in [6, 6.07) is 15.0. The molecule has 0 spiro atoms. The maximum atomic E-state index is 13.5. The van der Waals surface area contributed by atoms with Crippen molar-refractivity contribution in [2.24, 2.45) is 5.14 Å². The number of nitrogens with zero attached hydrogens (tertiary/aromatic N) is 2. The van der Waals surface area contributed by atoms with Crippen molar-refractivity contribution in [1.82, 2.24) is 9.80 Å². The van der Waals surface area contributed by atoms with E-state index >= 15 is 0 Å². The highest BCUT2D eigenvalue weighted by Gasteiger charge is 2.45. The van der Waals surface area contributed by atoms with Gasteiger partial charge in [0.15, 0.2) is 9.84 Å². The van der Waals surface area contributed by atoms with Crippen LogP contribution in [0, 0.1) is 0 Å². The van der Waals surface area contributed by atoms with Gasteiger partial charge in [-0.25, -0.2) is 26.8 Å². The Morgan fingerprint density at radius 2 is 1.66 bits per heavy atom. The molecule has 2 aromatic carbocycles.